The maximum absolute atomic E-state index is 12.0. The van der Waals surface area contributed by atoms with Gasteiger partial charge in [0.15, 0.2) is 0 Å². The van der Waals surface area contributed by atoms with Crippen LogP contribution in [0.4, 0.5) is 0 Å². The maximum Gasteiger partial charge on any atom is 0.277 e. The van der Waals surface area contributed by atoms with Gasteiger partial charge in [-0.3, -0.25) is 4.79 Å². The molecule has 6 heteroatoms. The standard InChI is InChI=1S/C17H23N3O2S/c1-10(2)9-18-15(21)13(5)23-17-20-19-16(22-17)14-7-11(3)6-12(4)8-14/h6-8,10,13H,9H2,1-5H3,(H,18,21). The van der Waals surface area contributed by atoms with Crippen molar-refractivity contribution in [3.63, 3.8) is 0 Å². The van der Waals surface area contributed by atoms with E-state index in [4.69, 9.17) is 4.42 Å². The van der Waals surface area contributed by atoms with E-state index in [1.54, 1.807) is 0 Å². The van der Waals surface area contributed by atoms with E-state index < -0.39 is 0 Å². The topological polar surface area (TPSA) is 68.0 Å². The van der Waals surface area contributed by atoms with Crippen molar-refractivity contribution in [2.45, 2.75) is 45.1 Å². The lowest BCUT2D eigenvalue weighted by Gasteiger charge is -2.11. The highest BCUT2D eigenvalue weighted by molar-refractivity contribution is 8.00. The van der Waals surface area contributed by atoms with Crippen molar-refractivity contribution in [1.82, 2.24) is 15.5 Å². The molecule has 1 aromatic heterocycles. The SMILES string of the molecule is Cc1cc(C)cc(-c2nnc(SC(C)C(=O)NCC(C)C)o2)c1. The minimum absolute atomic E-state index is 0.0187. The molecule has 0 aliphatic carbocycles. The molecule has 0 saturated heterocycles. The summed E-state index contributed by atoms with van der Waals surface area (Å²) < 4.78 is 5.69. The summed E-state index contributed by atoms with van der Waals surface area (Å²) in [4.78, 5) is 12.0. The lowest BCUT2D eigenvalue weighted by molar-refractivity contribution is -0.120. The summed E-state index contributed by atoms with van der Waals surface area (Å²) >= 11 is 1.27. The third-order valence-corrected chi connectivity index (χ3v) is 4.14. The molecule has 1 atom stereocenters. The van der Waals surface area contributed by atoms with Gasteiger partial charge >= 0.3 is 0 Å². The fourth-order valence-corrected chi connectivity index (χ4v) is 2.83. The van der Waals surface area contributed by atoms with Gasteiger partial charge in [-0.2, -0.15) is 0 Å². The van der Waals surface area contributed by atoms with Crippen molar-refractivity contribution >= 4 is 17.7 Å². The predicted octanol–water partition coefficient (Wildman–Crippen LogP) is 3.61. The van der Waals surface area contributed by atoms with Crippen LogP contribution < -0.4 is 5.32 Å². The quantitative estimate of drug-likeness (QED) is 0.818. The van der Waals surface area contributed by atoms with Crippen molar-refractivity contribution in [3.8, 4) is 11.5 Å². The molecule has 0 fully saturated rings. The zero-order chi connectivity index (χ0) is 17.0. The minimum atomic E-state index is -0.277. The average molecular weight is 333 g/mol. The van der Waals surface area contributed by atoms with E-state index in [0.717, 1.165) is 16.7 Å². The number of rotatable bonds is 6. The van der Waals surface area contributed by atoms with Crippen LogP contribution in [0.2, 0.25) is 0 Å². The van der Waals surface area contributed by atoms with E-state index in [9.17, 15) is 4.79 Å². The van der Waals surface area contributed by atoms with Crippen LogP contribution >= 0.6 is 11.8 Å². The number of thioether (sulfide) groups is 1. The van der Waals surface area contributed by atoms with E-state index in [1.165, 1.54) is 11.8 Å². The zero-order valence-electron chi connectivity index (χ0n) is 14.2. The van der Waals surface area contributed by atoms with Gasteiger partial charge in [0.1, 0.15) is 0 Å². The van der Waals surface area contributed by atoms with Gasteiger partial charge in [-0.1, -0.05) is 42.8 Å². The monoisotopic (exact) mass is 333 g/mol. The van der Waals surface area contributed by atoms with Crippen LogP contribution in [-0.4, -0.2) is 27.9 Å². The average Bonchev–Trinajstić information content (AvgIpc) is 2.92. The Morgan fingerprint density at radius 3 is 2.43 bits per heavy atom. The van der Waals surface area contributed by atoms with E-state index in [0.29, 0.717) is 23.6 Å². The van der Waals surface area contributed by atoms with Crippen molar-refractivity contribution in [1.29, 1.82) is 0 Å². The molecule has 1 unspecified atom stereocenters. The molecule has 0 aliphatic heterocycles. The van der Waals surface area contributed by atoms with Gasteiger partial charge in [0, 0.05) is 12.1 Å². The lowest BCUT2D eigenvalue weighted by atomic mass is 10.1. The Kier molecular flexibility index (Phi) is 5.82. The molecule has 0 radical (unpaired) electrons. The van der Waals surface area contributed by atoms with Crippen molar-refractivity contribution in [2.75, 3.05) is 6.54 Å². The molecule has 0 saturated carbocycles. The molecular formula is C17H23N3O2S. The van der Waals surface area contributed by atoms with Crippen LogP contribution in [0, 0.1) is 19.8 Å². The highest BCUT2D eigenvalue weighted by atomic mass is 32.2. The number of amides is 1. The first-order valence-corrected chi connectivity index (χ1v) is 8.59. The molecule has 23 heavy (non-hydrogen) atoms. The van der Waals surface area contributed by atoms with Gasteiger partial charge in [-0.15, -0.1) is 10.2 Å². The van der Waals surface area contributed by atoms with E-state index in [-0.39, 0.29) is 11.2 Å². The lowest BCUT2D eigenvalue weighted by Crippen LogP contribution is -2.33. The Morgan fingerprint density at radius 2 is 1.83 bits per heavy atom. The summed E-state index contributed by atoms with van der Waals surface area (Å²) in [6.07, 6.45) is 0. The fraction of sp³-hybridized carbons (Fsp3) is 0.471. The second-order valence-electron chi connectivity index (χ2n) is 6.15. The Bertz CT molecular complexity index is 662. The van der Waals surface area contributed by atoms with Gasteiger partial charge in [-0.25, -0.2) is 0 Å². The molecule has 2 aromatic rings. The van der Waals surface area contributed by atoms with Crippen molar-refractivity contribution < 1.29 is 9.21 Å². The van der Waals surface area contributed by atoms with Gasteiger partial charge in [0.2, 0.25) is 11.8 Å². The predicted molar refractivity (Wildman–Crippen MR) is 92.4 cm³/mol. The number of nitrogens with one attached hydrogen (secondary N) is 1. The van der Waals surface area contributed by atoms with Gasteiger partial charge < -0.3 is 9.73 Å². The Balaban J connectivity index is 2.03. The highest BCUT2D eigenvalue weighted by Crippen LogP contribution is 2.27. The molecule has 1 heterocycles. The molecule has 1 amide bonds. The van der Waals surface area contributed by atoms with Crippen LogP contribution in [0.3, 0.4) is 0 Å². The molecular weight excluding hydrogens is 310 g/mol. The molecule has 1 aromatic carbocycles. The Hall–Kier alpha value is -1.82. The number of hydrogen-bond acceptors (Lipinski definition) is 5. The van der Waals surface area contributed by atoms with Crippen LogP contribution in [-0.2, 0) is 4.79 Å². The number of benzene rings is 1. The van der Waals surface area contributed by atoms with Gasteiger partial charge in [0.25, 0.3) is 5.22 Å². The molecule has 5 nitrogen and oxygen atoms in total. The fourth-order valence-electron chi connectivity index (χ4n) is 2.13. The first-order valence-electron chi connectivity index (χ1n) is 7.71. The molecule has 2 rings (SSSR count). The first kappa shape index (κ1) is 17.5. The number of carbonyl (C=O) groups excluding carboxylic acids is 1. The molecule has 124 valence electrons. The summed E-state index contributed by atoms with van der Waals surface area (Å²) in [6.45, 7) is 10.7. The Labute approximate surface area is 141 Å². The van der Waals surface area contributed by atoms with Gasteiger partial charge in [-0.05, 0) is 38.8 Å². The summed E-state index contributed by atoms with van der Waals surface area (Å²) in [5.74, 6) is 0.889. The van der Waals surface area contributed by atoms with E-state index in [1.807, 2.05) is 32.9 Å². The van der Waals surface area contributed by atoms with E-state index in [2.05, 4.69) is 35.4 Å². The van der Waals surface area contributed by atoms with Crippen LogP contribution in [0.1, 0.15) is 31.9 Å². The largest absolute Gasteiger partial charge is 0.411 e. The van der Waals surface area contributed by atoms with Crippen LogP contribution in [0.25, 0.3) is 11.5 Å². The van der Waals surface area contributed by atoms with Gasteiger partial charge in [0.05, 0.1) is 5.25 Å². The van der Waals surface area contributed by atoms with Crippen molar-refractivity contribution in [3.05, 3.63) is 29.3 Å². The smallest absolute Gasteiger partial charge is 0.277 e. The molecule has 0 spiro atoms. The third kappa shape index (κ3) is 5.10. The van der Waals surface area contributed by atoms with E-state index >= 15 is 0 Å². The summed E-state index contributed by atoms with van der Waals surface area (Å²) in [6, 6.07) is 6.11. The number of carbonyl (C=O) groups is 1. The minimum Gasteiger partial charge on any atom is -0.411 e. The number of aromatic nitrogens is 2. The summed E-state index contributed by atoms with van der Waals surface area (Å²) in [5.41, 5.74) is 3.20. The molecule has 0 bridgehead atoms. The Morgan fingerprint density at radius 1 is 1.17 bits per heavy atom. The molecule has 0 aliphatic rings. The third-order valence-electron chi connectivity index (χ3n) is 3.21. The number of hydrogen-bond donors (Lipinski definition) is 1. The normalized spacial score (nSPS) is 12.4. The van der Waals surface area contributed by atoms with Crippen LogP contribution in [0.5, 0.6) is 0 Å². The zero-order valence-corrected chi connectivity index (χ0v) is 15.0. The second kappa shape index (κ2) is 7.64. The number of aryl methyl sites for hydroxylation is 2. The first-order chi connectivity index (χ1) is 10.8. The highest BCUT2D eigenvalue weighted by Gasteiger charge is 2.18. The maximum atomic E-state index is 12.0. The molecule has 1 N–H and O–H groups in total. The summed E-state index contributed by atoms with van der Waals surface area (Å²) in [7, 11) is 0. The van der Waals surface area contributed by atoms with Crippen molar-refractivity contribution in [2.24, 2.45) is 5.92 Å². The number of nitrogens with zero attached hydrogens (tertiary/aromatic N) is 2. The van der Waals surface area contributed by atoms with Crippen LogP contribution in [0.15, 0.2) is 27.8 Å². The second-order valence-corrected chi connectivity index (χ2v) is 7.44. The summed E-state index contributed by atoms with van der Waals surface area (Å²) in [5, 5.41) is 11.2.